The molecule has 0 aliphatic carbocycles. The molecule has 0 saturated heterocycles. The van der Waals surface area contributed by atoms with E-state index in [9.17, 15) is 0 Å². The van der Waals surface area contributed by atoms with Crippen molar-refractivity contribution in [1.29, 1.82) is 5.26 Å². The lowest BCUT2D eigenvalue weighted by atomic mass is 10.1. The van der Waals surface area contributed by atoms with Gasteiger partial charge in [-0.15, -0.1) is 0 Å². The summed E-state index contributed by atoms with van der Waals surface area (Å²) in [6.45, 7) is 7.16. The molecular formula is C26H29N7. The van der Waals surface area contributed by atoms with Gasteiger partial charge in [-0.25, -0.2) is 9.36 Å². The highest BCUT2D eigenvalue weighted by Crippen LogP contribution is 2.26. The van der Waals surface area contributed by atoms with Crippen molar-refractivity contribution in [3.63, 3.8) is 0 Å². The van der Waals surface area contributed by atoms with Crippen molar-refractivity contribution in [3.05, 3.63) is 84.3 Å². The highest BCUT2D eigenvalue weighted by Gasteiger charge is 2.25. The predicted octanol–water partition coefficient (Wildman–Crippen LogP) is 4.80. The van der Waals surface area contributed by atoms with E-state index >= 15 is 0 Å². The van der Waals surface area contributed by atoms with Gasteiger partial charge in [0.15, 0.2) is 5.82 Å². The number of anilines is 2. The van der Waals surface area contributed by atoms with Crippen molar-refractivity contribution in [1.82, 2.24) is 19.6 Å². The van der Waals surface area contributed by atoms with Gasteiger partial charge in [0.1, 0.15) is 0 Å². The molecule has 0 spiro atoms. The second-order valence-corrected chi connectivity index (χ2v) is 9.20. The van der Waals surface area contributed by atoms with Gasteiger partial charge >= 0.3 is 0 Å². The van der Waals surface area contributed by atoms with Crippen LogP contribution in [0.2, 0.25) is 0 Å². The Hall–Kier alpha value is -4.05. The summed E-state index contributed by atoms with van der Waals surface area (Å²) in [7, 11) is 4.07. The maximum Gasteiger partial charge on any atom is 0.151 e. The first-order chi connectivity index (χ1) is 15.7. The average Bonchev–Trinajstić information content (AvgIpc) is 3.47. The minimum Gasteiger partial charge on any atom is -0.378 e. The summed E-state index contributed by atoms with van der Waals surface area (Å²) in [4.78, 5) is 4.33. The SMILES string of the molecule is CN(C)c1ccc(-n2ccc(N(Cc3ccn(-c4ccc(C#N)cc4)n3)C(C)(C)C)n2)cc1. The molecule has 0 aliphatic heterocycles. The third kappa shape index (κ3) is 4.90. The molecule has 0 amide bonds. The minimum absolute atomic E-state index is 0.147. The zero-order chi connectivity index (χ0) is 23.6. The van der Waals surface area contributed by atoms with E-state index in [-0.39, 0.29) is 5.54 Å². The van der Waals surface area contributed by atoms with Crippen molar-refractivity contribution in [2.75, 3.05) is 23.9 Å². The van der Waals surface area contributed by atoms with Crippen LogP contribution < -0.4 is 9.80 Å². The fourth-order valence-corrected chi connectivity index (χ4v) is 3.61. The zero-order valence-corrected chi connectivity index (χ0v) is 19.8. The number of benzene rings is 2. The topological polar surface area (TPSA) is 65.9 Å². The van der Waals surface area contributed by atoms with Crippen LogP contribution in [0.15, 0.2) is 73.1 Å². The molecule has 0 fully saturated rings. The number of nitriles is 1. The van der Waals surface area contributed by atoms with Gasteiger partial charge in [0.05, 0.1) is 35.2 Å². The number of nitrogens with zero attached hydrogens (tertiary/aromatic N) is 7. The lowest BCUT2D eigenvalue weighted by Gasteiger charge is -2.35. The van der Waals surface area contributed by atoms with Crippen LogP contribution in [0.4, 0.5) is 11.5 Å². The zero-order valence-electron chi connectivity index (χ0n) is 19.8. The van der Waals surface area contributed by atoms with Crippen LogP contribution in [0, 0.1) is 11.3 Å². The van der Waals surface area contributed by atoms with Crippen LogP contribution in [-0.4, -0.2) is 39.2 Å². The van der Waals surface area contributed by atoms with Crippen molar-refractivity contribution < 1.29 is 0 Å². The Labute approximate surface area is 195 Å². The first-order valence-corrected chi connectivity index (χ1v) is 10.9. The molecule has 2 aromatic carbocycles. The third-order valence-electron chi connectivity index (χ3n) is 5.52. The van der Waals surface area contributed by atoms with Gasteiger partial charge < -0.3 is 9.80 Å². The fraction of sp³-hybridized carbons (Fsp3) is 0.269. The first kappa shape index (κ1) is 22.2. The molecule has 0 unspecified atom stereocenters. The van der Waals surface area contributed by atoms with E-state index in [2.05, 4.69) is 60.9 Å². The Morgan fingerprint density at radius 3 is 1.97 bits per heavy atom. The number of rotatable bonds is 6. The molecule has 4 aromatic rings. The summed E-state index contributed by atoms with van der Waals surface area (Å²) in [5.41, 5.74) is 4.53. The van der Waals surface area contributed by atoms with Gasteiger partial charge in [0.2, 0.25) is 0 Å². The summed E-state index contributed by atoms with van der Waals surface area (Å²) in [6, 6.07) is 22.0. The molecule has 0 aliphatic rings. The van der Waals surface area contributed by atoms with Crippen molar-refractivity contribution in [2.24, 2.45) is 0 Å². The van der Waals surface area contributed by atoms with Crippen LogP contribution in [0.3, 0.4) is 0 Å². The summed E-state index contributed by atoms with van der Waals surface area (Å²) >= 11 is 0. The summed E-state index contributed by atoms with van der Waals surface area (Å²) in [5.74, 6) is 0.895. The molecule has 168 valence electrons. The first-order valence-electron chi connectivity index (χ1n) is 10.9. The van der Waals surface area contributed by atoms with Crippen LogP contribution in [-0.2, 0) is 6.54 Å². The maximum atomic E-state index is 9.01. The lowest BCUT2D eigenvalue weighted by Crippen LogP contribution is -2.41. The molecule has 0 atom stereocenters. The van der Waals surface area contributed by atoms with Crippen molar-refractivity contribution in [2.45, 2.75) is 32.9 Å². The van der Waals surface area contributed by atoms with Crippen LogP contribution in [0.1, 0.15) is 32.0 Å². The summed E-state index contributed by atoms with van der Waals surface area (Å²) < 4.78 is 3.74. The largest absolute Gasteiger partial charge is 0.378 e. The van der Waals surface area contributed by atoms with Crippen LogP contribution in [0.25, 0.3) is 11.4 Å². The second kappa shape index (κ2) is 8.83. The molecule has 33 heavy (non-hydrogen) atoms. The minimum atomic E-state index is -0.147. The molecule has 0 N–H and O–H groups in total. The summed E-state index contributed by atoms with van der Waals surface area (Å²) in [5, 5.41) is 18.6. The van der Waals surface area contributed by atoms with Crippen LogP contribution in [0.5, 0.6) is 0 Å². The molecule has 4 rings (SSSR count). The van der Waals surface area contributed by atoms with Crippen LogP contribution >= 0.6 is 0 Å². The van der Waals surface area contributed by atoms with E-state index in [0.717, 1.165) is 28.6 Å². The van der Waals surface area contributed by atoms with Gasteiger partial charge in [-0.1, -0.05) is 0 Å². The molecular weight excluding hydrogens is 410 g/mol. The Balaban J connectivity index is 1.56. The fourth-order valence-electron chi connectivity index (χ4n) is 3.61. The van der Waals surface area contributed by atoms with E-state index in [1.54, 1.807) is 12.1 Å². The van der Waals surface area contributed by atoms with E-state index < -0.39 is 0 Å². The maximum absolute atomic E-state index is 9.01. The van der Waals surface area contributed by atoms with Crippen molar-refractivity contribution >= 4 is 11.5 Å². The molecule has 0 bridgehead atoms. The van der Waals surface area contributed by atoms with Gasteiger partial charge in [-0.2, -0.15) is 15.5 Å². The number of aromatic nitrogens is 4. The molecule has 7 heteroatoms. The molecule has 7 nitrogen and oxygen atoms in total. The van der Waals surface area contributed by atoms with Gasteiger partial charge in [0, 0.05) is 43.8 Å². The van der Waals surface area contributed by atoms with Gasteiger partial charge in [-0.05, 0) is 75.4 Å². The number of hydrogen-bond donors (Lipinski definition) is 0. The lowest BCUT2D eigenvalue weighted by molar-refractivity contribution is 0.490. The van der Waals surface area contributed by atoms with E-state index in [1.165, 1.54) is 0 Å². The predicted molar refractivity (Wildman–Crippen MR) is 132 cm³/mol. The molecule has 0 radical (unpaired) electrons. The van der Waals surface area contributed by atoms with Crippen molar-refractivity contribution in [3.8, 4) is 17.4 Å². The molecule has 0 saturated carbocycles. The molecule has 2 heterocycles. The second-order valence-electron chi connectivity index (χ2n) is 9.20. The Morgan fingerprint density at radius 2 is 1.39 bits per heavy atom. The molecule has 2 aromatic heterocycles. The Bertz CT molecular complexity index is 1250. The van der Waals surface area contributed by atoms with Gasteiger partial charge in [-0.3, -0.25) is 0 Å². The smallest absolute Gasteiger partial charge is 0.151 e. The van der Waals surface area contributed by atoms with E-state index in [1.807, 2.05) is 60.1 Å². The quantitative estimate of drug-likeness (QED) is 0.432. The van der Waals surface area contributed by atoms with E-state index in [0.29, 0.717) is 12.1 Å². The standard InChI is InChI=1S/C26H29N7/c1-26(2,3)31(19-21-14-16-32(28-21)23-8-6-20(18-27)7-9-23)25-15-17-33(29-25)24-12-10-22(11-13-24)30(4)5/h6-17H,19H2,1-5H3. The Kier molecular flexibility index (Phi) is 5.93. The third-order valence-corrected chi connectivity index (χ3v) is 5.52. The normalized spacial score (nSPS) is 11.3. The van der Waals surface area contributed by atoms with Gasteiger partial charge in [0.25, 0.3) is 0 Å². The number of hydrogen-bond acceptors (Lipinski definition) is 5. The highest BCUT2D eigenvalue weighted by molar-refractivity contribution is 5.50. The average molecular weight is 440 g/mol. The van der Waals surface area contributed by atoms with E-state index in [4.69, 9.17) is 15.5 Å². The highest BCUT2D eigenvalue weighted by atomic mass is 15.4. The monoisotopic (exact) mass is 439 g/mol. The summed E-state index contributed by atoms with van der Waals surface area (Å²) in [6.07, 6.45) is 3.94. The Morgan fingerprint density at radius 1 is 0.818 bits per heavy atom.